The van der Waals surface area contributed by atoms with Gasteiger partial charge >= 0.3 is 5.97 Å². The number of hydrogen-bond donors (Lipinski definition) is 2. The largest absolute Gasteiger partial charge is 0.497 e. The molecule has 9 nitrogen and oxygen atoms in total. The summed E-state index contributed by atoms with van der Waals surface area (Å²) in [4.78, 5) is 39.0. The van der Waals surface area contributed by atoms with Crippen LogP contribution in [0.5, 0.6) is 5.75 Å². The summed E-state index contributed by atoms with van der Waals surface area (Å²) in [5.41, 5.74) is 9.07. The first-order valence-electron chi connectivity index (χ1n) is 11.2. The van der Waals surface area contributed by atoms with Crippen LogP contribution in [-0.4, -0.2) is 30.7 Å². The van der Waals surface area contributed by atoms with Gasteiger partial charge in [-0.2, -0.15) is 5.26 Å². The fraction of sp³-hybridized carbons (Fsp3) is 0.214. The summed E-state index contributed by atoms with van der Waals surface area (Å²) in [5, 5.41) is 13.0. The number of nitriles is 1. The molecule has 10 heteroatoms. The number of nitrogens with zero attached hydrogens (tertiary/aromatic N) is 2. The average molecular weight is 533 g/mol. The van der Waals surface area contributed by atoms with Gasteiger partial charge in [0.2, 0.25) is 0 Å². The van der Waals surface area contributed by atoms with E-state index >= 15 is 0 Å². The number of carbonyl (C=O) groups excluding carboxylic acids is 2. The zero-order valence-corrected chi connectivity index (χ0v) is 21.4. The molecule has 2 heterocycles. The van der Waals surface area contributed by atoms with E-state index in [4.69, 9.17) is 10.5 Å². The maximum atomic E-state index is 13.9. The summed E-state index contributed by atoms with van der Waals surface area (Å²) < 4.78 is 11.4. The quantitative estimate of drug-likeness (QED) is 0.482. The number of thiazole rings is 1. The number of fused-ring (bicyclic) bond motifs is 1. The number of rotatable bonds is 5. The number of allylic oxidation sites excluding steroid dienone is 1. The van der Waals surface area contributed by atoms with Gasteiger partial charge in [0.05, 0.1) is 37.4 Å². The van der Waals surface area contributed by atoms with Crippen LogP contribution in [0.25, 0.3) is 17.5 Å². The van der Waals surface area contributed by atoms with E-state index < -0.39 is 23.4 Å². The van der Waals surface area contributed by atoms with E-state index in [1.54, 1.807) is 30.3 Å². The second-order valence-corrected chi connectivity index (χ2v) is 9.40. The predicted octanol–water partition coefficient (Wildman–Crippen LogP) is 2.36. The first kappa shape index (κ1) is 28.0. The maximum absolute atomic E-state index is 13.9. The lowest BCUT2D eigenvalue weighted by Gasteiger charge is -2.25. The van der Waals surface area contributed by atoms with Gasteiger partial charge < -0.3 is 20.5 Å². The van der Waals surface area contributed by atoms with Crippen molar-refractivity contribution in [3.8, 4) is 11.8 Å². The van der Waals surface area contributed by atoms with E-state index in [-0.39, 0.29) is 33.6 Å². The van der Waals surface area contributed by atoms with Gasteiger partial charge in [-0.1, -0.05) is 25.6 Å². The standard InChI is InChI=1S/C27H24N4O5S.CH4/c1-14-8-9-17(10-15(14)2)30-25(33)23-22(16-6-5-7-18(11-16)35-3)19(13-28)24(29)31-26(34)20(37-27(23)31)12-21(32)36-4;/h5-12,22H,29H2,1-4H3,(H,30,33);1H4/b20-12-;. The molecule has 1 aromatic heterocycles. The Kier molecular flexibility index (Phi) is 8.23. The number of aromatic nitrogens is 1. The van der Waals surface area contributed by atoms with Crippen LogP contribution >= 0.6 is 11.3 Å². The third-order valence-corrected chi connectivity index (χ3v) is 7.26. The van der Waals surface area contributed by atoms with Crippen LogP contribution in [0.1, 0.15) is 30.0 Å². The summed E-state index contributed by atoms with van der Waals surface area (Å²) in [5.74, 6) is -1.73. The lowest BCUT2D eigenvalue weighted by Crippen LogP contribution is -2.40. The fourth-order valence-electron chi connectivity index (χ4n) is 4.11. The molecule has 1 unspecified atom stereocenters. The van der Waals surface area contributed by atoms with Crippen LogP contribution in [-0.2, 0) is 14.3 Å². The molecule has 0 aliphatic carbocycles. The molecule has 0 bridgehead atoms. The van der Waals surface area contributed by atoms with Crippen molar-refractivity contribution in [3.63, 3.8) is 0 Å². The molecule has 0 fully saturated rings. The lowest BCUT2D eigenvalue weighted by atomic mass is 9.83. The van der Waals surface area contributed by atoms with Gasteiger partial charge in [-0.05, 0) is 54.8 Å². The van der Waals surface area contributed by atoms with E-state index in [0.717, 1.165) is 33.1 Å². The Bertz CT molecular complexity index is 1690. The van der Waals surface area contributed by atoms with Crippen molar-refractivity contribution in [2.24, 2.45) is 5.73 Å². The van der Waals surface area contributed by atoms with Gasteiger partial charge in [0, 0.05) is 11.8 Å². The highest BCUT2D eigenvalue weighted by atomic mass is 32.1. The van der Waals surface area contributed by atoms with E-state index in [1.165, 1.54) is 14.2 Å². The Hall–Kier alpha value is -4.62. The number of carbonyl (C=O) groups is 2. The van der Waals surface area contributed by atoms with E-state index in [1.807, 2.05) is 26.0 Å². The van der Waals surface area contributed by atoms with E-state index in [0.29, 0.717) is 17.0 Å². The third kappa shape index (κ3) is 4.96. The van der Waals surface area contributed by atoms with E-state index in [9.17, 15) is 19.6 Å². The highest BCUT2D eigenvalue weighted by Crippen LogP contribution is 2.37. The molecule has 0 radical (unpaired) electrons. The van der Waals surface area contributed by atoms with Gasteiger partial charge in [-0.15, -0.1) is 11.3 Å². The van der Waals surface area contributed by atoms with Crippen molar-refractivity contribution in [3.05, 3.63) is 84.3 Å². The van der Waals surface area contributed by atoms with Crippen LogP contribution in [0.15, 0.2) is 52.8 Å². The van der Waals surface area contributed by atoms with Crippen molar-refractivity contribution in [1.29, 1.82) is 5.26 Å². The molecule has 38 heavy (non-hydrogen) atoms. The second kappa shape index (κ2) is 11.2. The number of nitrogens with one attached hydrogen (secondary N) is 1. The van der Waals surface area contributed by atoms with Crippen LogP contribution in [0.3, 0.4) is 0 Å². The number of methoxy groups -OCH3 is 2. The van der Waals surface area contributed by atoms with Crippen molar-refractivity contribution in [2.45, 2.75) is 27.2 Å². The number of hydrogen-bond acceptors (Lipinski definition) is 8. The molecular formula is C28H28N4O5S. The summed E-state index contributed by atoms with van der Waals surface area (Å²) in [6, 6.07) is 14.5. The normalized spacial score (nSPS) is 14.8. The fourth-order valence-corrected chi connectivity index (χ4v) is 5.24. The molecule has 1 atom stereocenters. The number of esters is 1. The number of amides is 1. The number of ether oxygens (including phenoxy) is 2. The minimum Gasteiger partial charge on any atom is -0.497 e. The van der Waals surface area contributed by atoms with E-state index in [2.05, 4.69) is 16.1 Å². The zero-order chi connectivity index (χ0) is 26.9. The van der Waals surface area contributed by atoms with Gasteiger partial charge in [-0.25, -0.2) is 4.79 Å². The molecule has 0 saturated heterocycles. The number of aryl methyl sites for hydroxylation is 2. The molecule has 0 spiro atoms. The van der Waals surface area contributed by atoms with Gasteiger partial charge in [0.25, 0.3) is 11.5 Å². The van der Waals surface area contributed by atoms with Gasteiger partial charge in [0.1, 0.15) is 20.8 Å². The summed E-state index contributed by atoms with van der Waals surface area (Å²) in [6.45, 7) is 3.90. The molecule has 196 valence electrons. The smallest absolute Gasteiger partial charge is 0.332 e. The van der Waals surface area contributed by atoms with Crippen LogP contribution in [0, 0.1) is 25.2 Å². The predicted molar refractivity (Wildman–Crippen MR) is 148 cm³/mol. The van der Waals surface area contributed by atoms with Crippen molar-refractivity contribution in [2.75, 3.05) is 19.5 Å². The molecule has 3 N–H and O–H groups in total. The molecular weight excluding hydrogens is 504 g/mol. The van der Waals surface area contributed by atoms with Crippen LogP contribution in [0.4, 0.5) is 5.69 Å². The number of anilines is 1. The molecule has 1 amide bonds. The molecule has 4 rings (SSSR count). The van der Waals surface area contributed by atoms with Crippen molar-refractivity contribution < 1.29 is 19.1 Å². The number of nitrogens with two attached hydrogens (primary N) is 1. The Morgan fingerprint density at radius 3 is 2.53 bits per heavy atom. The number of benzene rings is 2. The topological polar surface area (TPSA) is 136 Å². The first-order valence-corrected chi connectivity index (χ1v) is 12.0. The Balaban J connectivity index is 0.00000400. The minimum absolute atomic E-state index is 0. The molecule has 3 aromatic rings. The summed E-state index contributed by atoms with van der Waals surface area (Å²) in [7, 11) is 2.71. The average Bonchev–Trinajstić information content (AvgIpc) is 3.21. The summed E-state index contributed by atoms with van der Waals surface area (Å²) >= 11 is 0.924. The van der Waals surface area contributed by atoms with Gasteiger partial charge in [-0.3, -0.25) is 14.2 Å². The summed E-state index contributed by atoms with van der Waals surface area (Å²) in [6.07, 6.45) is 1.04. The Labute approximate surface area is 223 Å². The monoisotopic (exact) mass is 532 g/mol. The molecule has 1 aliphatic rings. The van der Waals surface area contributed by atoms with Crippen LogP contribution in [0.2, 0.25) is 0 Å². The van der Waals surface area contributed by atoms with Crippen LogP contribution < -0.4 is 30.5 Å². The molecule has 2 aromatic carbocycles. The van der Waals surface area contributed by atoms with Gasteiger partial charge in [0.15, 0.2) is 0 Å². The second-order valence-electron chi connectivity index (χ2n) is 8.37. The Morgan fingerprint density at radius 2 is 1.89 bits per heavy atom. The molecule has 1 aliphatic heterocycles. The highest BCUT2D eigenvalue weighted by molar-refractivity contribution is 7.07. The lowest BCUT2D eigenvalue weighted by molar-refractivity contribution is -0.133. The zero-order valence-electron chi connectivity index (χ0n) is 20.6. The Morgan fingerprint density at radius 1 is 1.16 bits per heavy atom. The minimum atomic E-state index is -0.893. The highest BCUT2D eigenvalue weighted by Gasteiger charge is 2.36. The third-order valence-electron chi connectivity index (χ3n) is 6.16. The maximum Gasteiger partial charge on any atom is 0.332 e. The van der Waals surface area contributed by atoms with Crippen molar-refractivity contribution in [1.82, 2.24) is 4.57 Å². The first-order chi connectivity index (χ1) is 17.7. The van der Waals surface area contributed by atoms with Crippen molar-refractivity contribution >= 4 is 46.4 Å². The SMILES string of the molecule is C.COC(=O)/C=c1\sc2n(c1=O)C(N)=C(C#N)C(c1cccc(OC)c1)C=2C(=O)Nc1ccc(C)c(C)c1. The molecule has 0 saturated carbocycles.